The Bertz CT molecular complexity index is 735. The fraction of sp³-hybridized carbons (Fsp3) is 0.611. The van der Waals surface area contributed by atoms with E-state index in [1.165, 1.54) is 16.4 Å². The SMILES string of the molecule is CC1CCCN(S(=O)(=O)c2ccc(C(=O)NCC3CNCC3O)cc2)C1. The van der Waals surface area contributed by atoms with Crippen molar-refractivity contribution in [3.8, 4) is 0 Å². The van der Waals surface area contributed by atoms with E-state index in [1.807, 2.05) is 0 Å². The van der Waals surface area contributed by atoms with Crippen molar-refractivity contribution < 1.29 is 18.3 Å². The first-order chi connectivity index (χ1) is 12.4. The maximum absolute atomic E-state index is 12.7. The van der Waals surface area contributed by atoms with Crippen LogP contribution in [0.3, 0.4) is 0 Å². The van der Waals surface area contributed by atoms with Crippen LogP contribution >= 0.6 is 0 Å². The first-order valence-corrected chi connectivity index (χ1v) is 10.6. The average Bonchev–Trinajstić information content (AvgIpc) is 3.05. The molecule has 7 nitrogen and oxygen atoms in total. The molecule has 144 valence electrons. The molecule has 0 radical (unpaired) electrons. The molecule has 2 aliphatic heterocycles. The van der Waals surface area contributed by atoms with Gasteiger partial charge in [0.1, 0.15) is 0 Å². The lowest BCUT2D eigenvalue weighted by atomic mass is 10.0. The molecule has 2 saturated heterocycles. The number of sulfonamides is 1. The normalized spacial score (nSPS) is 27.4. The molecule has 2 fully saturated rings. The molecule has 3 N–H and O–H groups in total. The third kappa shape index (κ3) is 4.25. The smallest absolute Gasteiger partial charge is 0.251 e. The Hall–Kier alpha value is -1.48. The van der Waals surface area contributed by atoms with Gasteiger partial charge < -0.3 is 15.7 Å². The zero-order valence-electron chi connectivity index (χ0n) is 15.0. The van der Waals surface area contributed by atoms with Crippen LogP contribution in [0, 0.1) is 11.8 Å². The van der Waals surface area contributed by atoms with Gasteiger partial charge in [-0.1, -0.05) is 6.92 Å². The lowest BCUT2D eigenvalue weighted by molar-refractivity contribution is 0.0927. The number of benzene rings is 1. The lowest BCUT2D eigenvalue weighted by Gasteiger charge is -2.30. The van der Waals surface area contributed by atoms with Gasteiger partial charge in [0, 0.05) is 44.2 Å². The van der Waals surface area contributed by atoms with Crippen molar-refractivity contribution in [1.29, 1.82) is 0 Å². The van der Waals surface area contributed by atoms with Crippen LogP contribution in [0.1, 0.15) is 30.1 Å². The third-order valence-electron chi connectivity index (χ3n) is 5.20. The van der Waals surface area contributed by atoms with E-state index in [-0.39, 0.29) is 16.7 Å². The highest BCUT2D eigenvalue weighted by molar-refractivity contribution is 7.89. The standard InChI is InChI=1S/C18H27N3O4S/c1-13-3-2-8-21(12-13)26(24,25)16-6-4-14(5-7-16)18(23)20-10-15-9-19-11-17(15)22/h4-7,13,15,17,19,22H,2-3,8-12H2,1H3,(H,20,23). The largest absolute Gasteiger partial charge is 0.391 e. The van der Waals surface area contributed by atoms with E-state index in [9.17, 15) is 18.3 Å². The monoisotopic (exact) mass is 381 g/mol. The van der Waals surface area contributed by atoms with Gasteiger partial charge in [0.05, 0.1) is 11.0 Å². The number of carbonyl (C=O) groups is 1. The summed E-state index contributed by atoms with van der Waals surface area (Å²) in [4.78, 5) is 12.5. The van der Waals surface area contributed by atoms with Gasteiger partial charge in [0.2, 0.25) is 10.0 Å². The second-order valence-corrected chi connectivity index (χ2v) is 9.27. The Morgan fingerprint density at radius 1 is 1.31 bits per heavy atom. The number of carbonyl (C=O) groups excluding carboxylic acids is 1. The van der Waals surface area contributed by atoms with E-state index in [4.69, 9.17) is 0 Å². The van der Waals surface area contributed by atoms with Gasteiger partial charge in [0.25, 0.3) is 5.91 Å². The molecular formula is C18H27N3O4S. The second-order valence-electron chi connectivity index (χ2n) is 7.33. The van der Waals surface area contributed by atoms with Gasteiger partial charge in [-0.2, -0.15) is 4.31 Å². The molecule has 0 aromatic heterocycles. The number of rotatable bonds is 5. The number of hydrogen-bond donors (Lipinski definition) is 3. The Kier molecular flexibility index (Phi) is 5.96. The number of piperidine rings is 1. The number of amides is 1. The summed E-state index contributed by atoms with van der Waals surface area (Å²) in [7, 11) is -3.51. The number of hydrogen-bond acceptors (Lipinski definition) is 5. The number of nitrogens with one attached hydrogen (secondary N) is 2. The zero-order valence-corrected chi connectivity index (χ0v) is 15.8. The molecule has 2 heterocycles. The summed E-state index contributed by atoms with van der Waals surface area (Å²) in [5, 5.41) is 15.6. The van der Waals surface area contributed by atoms with Gasteiger partial charge in [-0.05, 0) is 43.0 Å². The van der Waals surface area contributed by atoms with Crippen molar-refractivity contribution in [2.45, 2.75) is 30.8 Å². The Morgan fingerprint density at radius 2 is 2.04 bits per heavy atom. The van der Waals surface area contributed by atoms with Crippen LogP contribution in [-0.2, 0) is 10.0 Å². The van der Waals surface area contributed by atoms with Gasteiger partial charge in [-0.3, -0.25) is 4.79 Å². The summed E-state index contributed by atoms with van der Waals surface area (Å²) in [5.74, 6) is 0.100. The predicted octanol–water partition coefficient (Wildman–Crippen LogP) is 0.417. The molecule has 0 bridgehead atoms. The molecule has 0 spiro atoms. The van der Waals surface area contributed by atoms with E-state index < -0.39 is 16.1 Å². The minimum atomic E-state index is -3.51. The number of nitrogens with zero attached hydrogens (tertiary/aromatic N) is 1. The third-order valence-corrected chi connectivity index (χ3v) is 7.08. The number of aliphatic hydroxyl groups excluding tert-OH is 1. The summed E-state index contributed by atoms with van der Waals surface area (Å²) >= 11 is 0. The van der Waals surface area contributed by atoms with Crippen LogP contribution in [0.15, 0.2) is 29.2 Å². The summed E-state index contributed by atoms with van der Waals surface area (Å²) in [6.45, 7) is 4.76. The van der Waals surface area contributed by atoms with Crippen LogP contribution in [0.25, 0.3) is 0 Å². The Labute approximate surface area is 154 Å². The molecule has 2 aliphatic rings. The minimum absolute atomic E-state index is 0.000285. The average molecular weight is 381 g/mol. The molecule has 0 aliphatic carbocycles. The van der Waals surface area contributed by atoms with Crippen molar-refractivity contribution in [2.75, 3.05) is 32.7 Å². The Balaban J connectivity index is 1.63. The molecule has 0 saturated carbocycles. The highest BCUT2D eigenvalue weighted by Crippen LogP contribution is 2.23. The maximum Gasteiger partial charge on any atom is 0.251 e. The fourth-order valence-electron chi connectivity index (χ4n) is 3.55. The number of aliphatic hydroxyl groups is 1. The first-order valence-electron chi connectivity index (χ1n) is 9.15. The van der Waals surface area contributed by atoms with E-state index in [1.54, 1.807) is 12.1 Å². The van der Waals surface area contributed by atoms with Crippen LogP contribution in [0.4, 0.5) is 0 Å². The topological polar surface area (TPSA) is 98.7 Å². The van der Waals surface area contributed by atoms with E-state index in [2.05, 4.69) is 17.6 Å². The summed E-state index contributed by atoms with van der Waals surface area (Å²) in [5.41, 5.74) is 0.413. The summed E-state index contributed by atoms with van der Waals surface area (Å²) in [6, 6.07) is 6.07. The van der Waals surface area contributed by atoms with Crippen LogP contribution in [0.2, 0.25) is 0 Å². The summed E-state index contributed by atoms with van der Waals surface area (Å²) < 4.78 is 27.0. The number of β-amino-alcohol motifs (C(OH)–C–C–N with tert-alkyl or cyclic N) is 1. The molecule has 1 aromatic carbocycles. The second kappa shape index (κ2) is 8.04. The highest BCUT2D eigenvalue weighted by atomic mass is 32.2. The Morgan fingerprint density at radius 3 is 2.65 bits per heavy atom. The molecule has 1 aromatic rings. The molecule has 3 atom stereocenters. The maximum atomic E-state index is 12.7. The van der Waals surface area contributed by atoms with Gasteiger partial charge >= 0.3 is 0 Å². The van der Waals surface area contributed by atoms with Gasteiger partial charge in [-0.25, -0.2) is 8.42 Å². The molecule has 3 rings (SSSR count). The molecule has 1 amide bonds. The minimum Gasteiger partial charge on any atom is -0.391 e. The van der Waals surface area contributed by atoms with Gasteiger partial charge in [-0.15, -0.1) is 0 Å². The van der Waals surface area contributed by atoms with E-state index in [0.29, 0.717) is 44.2 Å². The van der Waals surface area contributed by atoms with Crippen LogP contribution < -0.4 is 10.6 Å². The quantitative estimate of drug-likeness (QED) is 0.687. The van der Waals surface area contributed by atoms with Crippen molar-refractivity contribution in [3.05, 3.63) is 29.8 Å². The van der Waals surface area contributed by atoms with Crippen molar-refractivity contribution in [2.24, 2.45) is 11.8 Å². The predicted molar refractivity (Wildman–Crippen MR) is 98.3 cm³/mol. The molecule has 3 unspecified atom stereocenters. The molecular weight excluding hydrogens is 354 g/mol. The van der Waals surface area contributed by atoms with E-state index in [0.717, 1.165) is 12.8 Å². The summed E-state index contributed by atoms with van der Waals surface area (Å²) in [6.07, 6.45) is 1.48. The fourth-order valence-corrected chi connectivity index (χ4v) is 5.14. The van der Waals surface area contributed by atoms with Crippen LogP contribution in [0.5, 0.6) is 0 Å². The lowest BCUT2D eigenvalue weighted by Crippen LogP contribution is -2.39. The highest BCUT2D eigenvalue weighted by Gasteiger charge is 2.29. The first kappa shape index (κ1) is 19.3. The molecule has 8 heteroatoms. The van der Waals surface area contributed by atoms with E-state index >= 15 is 0 Å². The van der Waals surface area contributed by atoms with Gasteiger partial charge in [0.15, 0.2) is 0 Å². The van der Waals surface area contributed by atoms with Crippen molar-refractivity contribution >= 4 is 15.9 Å². The van der Waals surface area contributed by atoms with Crippen molar-refractivity contribution in [3.63, 3.8) is 0 Å². The van der Waals surface area contributed by atoms with Crippen molar-refractivity contribution in [1.82, 2.24) is 14.9 Å². The molecule has 26 heavy (non-hydrogen) atoms. The zero-order chi connectivity index (χ0) is 18.7. The van der Waals surface area contributed by atoms with Crippen LogP contribution in [-0.4, -0.2) is 62.6 Å².